The van der Waals surface area contributed by atoms with E-state index < -0.39 is 0 Å². The number of nitrogens with zero attached hydrogens (tertiary/aromatic N) is 4. The first-order valence-electron chi connectivity index (χ1n) is 11.0. The maximum atomic E-state index is 13.2. The smallest absolute Gasteiger partial charge is 0.320 e. The van der Waals surface area contributed by atoms with Crippen molar-refractivity contribution in [2.45, 2.75) is 32.2 Å². The number of anilines is 1. The summed E-state index contributed by atoms with van der Waals surface area (Å²) in [5.41, 5.74) is 5.91. The predicted octanol–water partition coefficient (Wildman–Crippen LogP) is 5.54. The van der Waals surface area contributed by atoms with Gasteiger partial charge in [-0.2, -0.15) is 10.2 Å². The molecular weight excluding hydrogens is 480 g/mol. The molecule has 0 radical (unpaired) electrons. The Morgan fingerprint density at radius 3 is 2.76 bits per heavy atom. The van der Waals surface area contributed by atoms with E-state index in [1.54, 1.807) is 15.6 Å². The lowest BCUT2D eigenvalue weighted by Crippen LogP contribution is -2.35. The zero-order valence-corrected chi connectivity index (χ0v) is 20.1. The number of para-hydroxylation sites is 1. The zero-order valence-electron chi connectivity index (χ0n) is 18.5. The molecule has 168 valence electrons. The summed E-state index contributed by atoms with van der Waals surface area (Å²) in [6, 6.07) is 15.8. The molecule has 0 fully saturated rings. The van der Waals surface area contributed by atoms with Crippen molar-refractivity contribution in [1.29, 1.82) is 0 Å². The fourth-order valence-electron chi connectivity index (χ4n) is 4.44. The van der Waals surface area contributed by atoms with Crippen molar-refractivity contribution in [3.8, 4) is 16.9 Å². The van der Waals surface area contributed by atoms with E-state index in [1.165, 1.54) is 11.1 Å². The van der Waals surface area contributed by atoms with Crippen LogP contribution in [0.3, 0.4) is 0 Å². The van der Waals surface area contributed by atoms with Gasteiger partial charge in [0.05, 0.1) is 17.9 Å². The normalized spacial score (nSPS) is 15.2. The quantitative estimate of drug-likeness (QED) is 0.382. The number of aryl methyl sites for hydroxylation is 2. The number of urea groups is 1. The van der Waals surface area contributed by atoms with Crippen molar-refractivity contribution in [1.82, 2.24) is 24.9 Å². The van der Waals surface area contributed by atoms with Crippen LogP contribution in [-0.2, 0) is 13.5 Å². The molecule has 1 aliphatic rings. The van der Waals surface area contributed by atoms with E-state index in [4.69, 9.17) is 5.10 Å². The first-order valence-corrected chi connectivity index (χ1v) is 11.8. The number of carbonyl (C=O) groups excluding carboxylic acids is 1. The van der Waals surface area contributed by atoms with Crippen LogP contribution in [0.2, 0.25) is 0 Å². The molecule has 4 aromatic rings. The summed E-state index contributed by atoms with van der Waals surface area (Å²) in [5.74, 6) is 0.642. The van der Waals surface area contributed by atoms with Crippen molar-refractivity contribution in [3.63, 3.8) is 0 Å². The summed E-state index contributed by atoms with van der Waals surface area (Å²) in [4.78, 5) is 13.2. The molecule has 2 N–H and O–H groups in total. The Labute approximate surface area is 200 Å². The van der Waals surface area contributed by atoms with Gasteiger partial charge in [-0.1, -0.05) is 40.2 Å². The molecule has 2 aromatic carbocycles. The minimum Gasteiger partial charge on any atom is -0.331 e. The SMILES string of the molecule is Cc1c(-c2cnn(C)c2)nn(-c2ccccc2)c1NC(=O)NC1CCCc2ccc(Br)cc21. The van der Waals surface area contributed by atoms with E-state index in [2.05, 4.69) is 49.9 Å². The number of rotatable bonds is 4. The lowest BCUT2D eigenvalue weighted by atomic mass is 9.88. The largest absolute Gasteiger partial charge is 0.331 e. The number of hydrogen-bond donors (Lipinski definition) is 2. The molecule has 0 saturated carbocycles. The molecule has 1 atom stereocenters. The van der Waals surface area contributed by atoms with Crippen LogP contribution in [-0.4, -0.2) is 25.6 Å². The minimum absolute atomic E-state index is 0.0301. The first kappa shape index (κ1) is 21.5. The molecule has 8 heteroatoms. The highest BCUT2D eigenvalue weighted by Gasteiger charge is 2.24. The Kier molecular flexibility index (Phi) is 5.76. The lowest BCUT2D eigenvalue weighted by molar-refractivity contribution is 0.247. The van der Waals surface area contributed by atoms with E-state index in [0.717, 1.165) is 46.2 Å². The molecule has 0 aliphatic heterocycles. The van der Waals surface area contributed by atoms with Crippen molar-refractivity contribution in [3.05, 3.63) is 82.1 Å². The average Bonchev–Trinajstić information content (AvgIpc) is 3.38. The third kappa shape index (κ3) is 4.30. The number of amides is 2. The number of nitrogens with one attached hydrogen (secondary N) is 2. The standard InChI is InChI=1S/C25H25BrN6O/c1-16-23(18-14-27-31(2)15-18)30-32(20-8-4-3-5-9-20)24(16)29-25(33)28-22-10-6-7-17-11-12-19(26)13-21(17)22/h3-5,8-9,11-15,22H,6-7,10H2,1-2H3,(H2,28,29,33). The average molecular weight is 505 g/mol. The first-order chi connectivity index (χ1) is 16.0. The summed E-state index contributed by atoms with van der Waals surface area (Å²) < 4.78 is 4.55. The predicted molar refractivity (Wildman–Crippen MR) is 132 cm³/mol. The molecule has 2 heterocycles. The molecule has 0 bridgehead atoms. The van der Waals surface area contributed by atoms with Crippen LogP contribution in [0.4, 0.5) is 10.6 Å². The fraction of sp³-hybridized carbons (Fsp3) is 0.240. The number of halogens is 1. The molecule has 0 spiro atoms. The van der Waals surface area contributed by atoms with Crippen molar-refractivity contribution in [2.75, 3.05) is 5.32 Å². The maximum absolute atomic E-state index is 13.2. The number of benzene rings is 2. The Bertz CT molecular complexity index is 1310. The van der Waals surface area contributed by atoms with E-state index in [1.807, 2.05) is 50.5 Å². The molecular formula is C25H25BrN6O. The number of fused-ring (bicyclic) bond motifs is 1. The van der Waals surface area contributed by atoms with Gasteiger partial charge >= 0.3 is 6.03 Å². The maximum Gasteiger partial charge on any atom is 0.320 e. The Morgan fingerprint density at radius 2 is 2.00 bits per heavy atom. The molecule has 1 aliphatic carbocycles. The second-order valence-electron chi connectivity index (χ2n) is 8.36. The molecule has 0 saturated heterocycles. The number of aromatic nitrogens is 4. The van der Waals surface area contributed by atoms with Gasteiger partial charge in [-0.05, 0) is 61.6 Å². The van der Waals surface area contributed by atoms with Crippen LogP contribution in [0, 0.1) is 6.92 Å². The summed E-state index contributed by atoms with van der Waals surface area (Å²) >= 11 is 3.56. The molecule has 1 unspecified atom stereocenters. The van der Waals surface area contributed by atoms with E-state index >= 15 is 0 Å². The second kappa shape index (κ2) is 8.86. The van der Waals surface area contributed by atoms with Gasteiger partial charge in [0.2, 0.25) is 0 Å². The summed E-state index contributed by atoms with van der Waals surface area (Å²) in [5, 5.41) is 15.4. The molecule has 33 heavy (non-hydrogen) atoms. The molecule has 7 nitrogen and oxygen atoms in total. The van der Waals surface area contributed by atoms with Gasteiger partial charge < -0.3 is 5.32 Å². The topological polar surface area (TPSA) is 76.8 Å². The summed E-state index contributed by atoms with van der Waals surface area (Å²) in [6.07, 6.45) is 6.70. The van der Waals surface area contributed by atoms with Crippen molar-refractivity contribution in [2.24, 2.45) is 7.05 Å². The Hall–Kier alpha value is -3.39. The lowest BCUT2D eigenvalue weighted by Gasteiger charge is -2.27. The van der Waals surface area contributed by atoms with Crippen LogP contribution in [0.5, 0.6) is 0 Å². The number of hydrogen-bond acceptors (Lipinski definition) is 3. The van der Waals surface area contributed by atoms with Gasteiger partial charge in [0.25, 0.3) is 0 Å². The van der Waals surface area contributed by atoms with Crippen LogP contribution < -0.4 is 10.6 Å². The van der Waals surface area contributed by atoms with Gasteiger partial charge in [-0.25, -0.2) is 9.48 Å². The summed E-state index contributed by atoms with van der Waals surface area (Å²) in [6.45, 7) is 1.97. The van der Waals surface area contributed by atoms with Crippen LogP contribution >= 0.6 is 15.9 Å². The third-order valence-electron chi connectivity index (χ3n) is 6.06. The molecule has 5 rings (SSSR count). The minimum atomic E-state index is -0.245. The zero-order chi connectivity index (χ0) is 22.9. The van der Waals surface area contributed by atoms with Crippen molar-refractivity contribution < 1.29 is 4.79 Å². The molecule has 2 amide bonds. The van der Waals surface area contributed by atoms with Gasteiger partial charge in [0.15, 0.2) is 0 Å². The third-order valence-corrected chi connectivity index (χ3v) is 6.55. The highest BCUT2D eigenvalue weighted by Crippen LogP contribution is 2.33. The van der Waals surface area contributed by atoms with Gasteiger partial charge in [0, 0.05) is 28.8 Å². The van der Waals surface area contributed by atoms with Gasteiger partial charge in [0.1, 0.15) is 11.5 Å². The molecule has 2 aromatic heterocycles. The Balaban J connectivity index is 1.46. The van der Waals surface area contributed by atoms with Gasteiger partial charge in [-0.3, -0.25) is 10.00 Å². The van der Waals surface area contributed by atoms with E-state index in [-0.39, 0.29) is 12.1 Å². The van der Waals surface area contributed by atoms with E-state index in [0.29, 0.717) is 5.82 Å². The van der Waals surface area contributed by atoms with Crippen LogP contribution in [0.25, 0.3) is 16.9 Å². The Morgan fingerprint density at radius 1 is 1.18 bits per heavy atom. The van der Waals surface area contributed by atoms with E-state index in [9.17, 15) is 4.79 Å². The van der Waals surface area contributed by atoms with Crippen molar-refractivity contribution >= 4 is 27.8 Å². The number of carbonyl (C=O) groups is 1. The highest BCUT2D eigenvalue weighted by atomic mass is 79.9. The second-order valence-corrected chi connectivity index (χ2v) is 9.27. The van der Waals surface area contributed by atoms with Crippen LogP contribution in [0.1, 0.15) is 35.6 Å². The van der Waals surface area contributed by atoms with Crippen LogP contribution in [0.15, 0.2) is 65.4 Å². The fourth-order valence-corrected chi connectivity index (χ4v) is 4.82. The monoisotopic (exact) mass is 504 g/mol. The summed E-state index contributed by atoms with van der Waals surface area (Å²) in [7, 11) is 1.87. The highest BCUT2D eigenvalue weighted by molar-refractivity contribution is 9.10. The van der Waals surface area contributed by atoms with Gasteiger partial charge in [-0.15, -0.1) is 0 Å².